The van der Waals surface area contributed by atoms with Crippen molar-refractivity contribution in [1.29, 1.82) is 0 Å². The molecule has 26 heavy (non-hydrogen) atoms. The number of nitrogens with zero attached hydrogens (tertiary/aromatic N) is 2. The summed E-state index contributed by atoms with van der Waals surface area (Å²) in [5.41, 5.74) is -0.736. The van der Waals surface area contributed by atoms with Crippen LogP contribution in [-0.2, 0) is 9.53 Å². The summed E-state index contributed by atoms with van der Waals surface area (Å²) in [6.45, 7) is 1.64. The molecule has 1 fully saturated rings. The maximum absolute atomic E-state index is 12.2. The van der Waals surface area contributed by atoms with E-state index >= 15 is 0 Å². The molecule has 0 radical (unpaired) electrons. The van der Waals surface area contributed by atoms with Gasteiger partial charge in [-0.2, -0.15) is 4.98 Å². The number of amides is 1. The van der Waals surface area contributed by atoms with Crippen LogP contribution >= 0.6 is 0 Å². The van der Waals surface area contributed by atoms with E-state index < -0.39 is 36.8 Å². The molecule has 0 aromatic carbocycles. The normalized spacial score (nSPS) is 25.4. The fourth-order valence-corrected chi connectivity index (χ4v) is 2.88. The van der Waals surface area contributed by atoms with Crippen molar-refractivity contribution in [3.05, 3.63) is 22.7 Å². The van der Waals surface area contributed by atoms with E-state index in [1.165, 1.54) is 12.3 Å². The molecule has 4 N–H and O–H groups in total. The van der Waals surface area contributed by atoms with E-state index in [1.54, 1.807) is 0 Å². The van der Waals surface area contributed by atoms with Crippen molar-refractivity contribution in [2.75, 3.05) is 11.9 Å². The SMILES string of the molecule is CCCCCCCC(=O)Nc1ccn([C@@H]2O[C@H](CO)[C@@H](O)[C@H]2O)c(=O)n1. The third kappa shape index (κ3) is 5.10. The zero-order chi connectivity index (χ0) is 19.1. The van der Waals surface area contributed by atoms with Crippen molar-refractivity contribution in [2.45, 2.75) is 70.0 Å². The zero-order valence-electron chi connectivity index (χ0n) is 14.9. The lowest BCUT2D eigenvalue weighted by molar-refractivity contribution is -0.116. The first kappa shape index (κ1) is 20.5. The van der Waals surface area contributed by atoms with Gasteiger partial charge in [0, 0.05) is 12.6 Å². The number of anilines is 1. The minimum absolute atomic E-state index is 0.122. The highest BCUT2D eigenvalue weighted by Crippen LogP contribution is 2.28. The maximum atomic E-state index is 12.2. The number of rotatable bonds is 9. The van der Waals surface area contributed by atoms with E-state index in [1.807, 2.05) is 0 Å². The Morgan fingerprint density at radius 1 is 1.27 bits per heavy atom. The van der Waals surface area contributed by atoms with Crippen molar-refractivity contribution in [2.24, 2.45) is 0 Å². The van der Waals surface area contributed by atoms with Crippen LogP contribution in [0.1, 0.15) is 51.7 Å². The van der Waals surface area contributed by atoms with Crippen LogP contribution in [-0.4, -0.2) is 55.7 Å². The standard InChI is InChI=1S/C17H27N3O6/c1-2-3-4-5-6-7-13(22)18-12-8-9-20(17(25)19-12)16-15(24)14(23)11(10-21)26-16/h8-9,11,14-16,21,23-24H,2-7,10H2,1H3,(H,18,19,22,25)/t11-,14-,15-,16-/m1/s1. The Morgan fingerprint density at radius 3 is 2.62 bits per heavy atom. The third-order valence-corrected chi connectivity index (χ3v) is 4.40. The summed E-state index contributed by atoms with van der Waals surface area (Å²) in [6.07, 6.45) is 2.06. The highest BCUT2D eigenvalue weighted by Gasteiger charge is 2.43. The van der Waals surface area contributed by atoms with Crippen LogP contribution in [0.2, 0.25) is 0 Å². The monoisotopic (exact) mass is 369 g/mol. The topological polar surface area (TPSA) is 134 Å². The zero-order valence-corrected chi connectivity index (χ0v) is 14.9. The molecule has 0 unspecified atom stereocenters. The van der Waals surface area contributed by atoms with Gasteiger partial charge in [0.1, 0.15) is 24.1 Å². The highest BCUT2D eigenvalue weighted by molar-refractivity contribution is 5.89. The number of aliphatic hydroxyl groups is 3. The van der Waals surface area contributed by atoms with Crippen LogP contribution in [0.4, 0.5) is 5.82 Å². The second-order valence-electron chi connectivity index (χ2n) is 6.44. The Bertz CT molecular complexity index is 650. The van der Waals surface area contributed by atoms with Gasteiger partial charge in [-0.25, -0.2) is 4.79 Å². The molecular formula is C17H27N3O6. The van der Waals surface area contributed by atoms with Crippen molar-refractivity contribution < 1.29 is 24.9 Å². The number of carbonyl (C=O) groups is 1. The molecule has 1 aromatic rings. The lowest BCUT2D eigenvalue weighted by atomic mass is 10.1. The molecule has 1 saturated heterocycles. The Morgan fingerprint density at radius 2 is 2.00 bits per heavy atom. The first-order valence-corrected chi connectivity index (χ1v) is 8.99. The number of unbranched alkanes of at least 4 members (excludes halogenated alkanes) is 4. The molecule has 2 heterocycles. The smallest absolute Gasteiger partial charge is 0.351 e. The minimum Gasteiger partial charge on any atom is -0.394 e. The molecular weight excluding hydrogens is 342 g/mol. The van der Waals surface area contributed by atoms with E-state index in [4.69, 9.17) is 9.84 Å². The quantitative estimate of drug-likeness (QED) is 0.455. The summed E-state index contributed by atoms with van der Waals surface area (Å²) in [7, 11) is 0. The number of aliphatic hydroxyl groups excluding tert-OH is 3. The summed E-state index contributed by atoms with van der Waals surface area (Å²) in [5, 5.41) is 31.4. The van der Waals surface area contributed by atoms with E-state index in [-0.39, 0.29) is 11.7 Å². The van der Waals surface area contributed by atoms with Crippen LogP contribution in [0.15, 0.2) is 17.1 Å². The average molecular weight is 369 g/mol. The first-order valence-electron chi connectivity index (χ1n) is 8.99. The maximum Gasteiger partial charge on any atom is 0.351 e. The number of ether oxygens (including phenoxy) is 1. The molecule has 0 saturated carbocycles. The van der Waals surface area contributed by atoms with Crippen molar-refractivity contribution >= 4 is 11.7 Å². The summed E-state index contributed by atoms with van der Waals surface area (Å²) in [6, 6.07) is 1.42. The number of carbonyl (C=O) groups excluding carboxylic acids is 1. The molecule has 0 bridgehead atoms. The van der Waals surface area contributed by atoms with E-state index in [2.05, 4.69) is 17.2 Å². The fourth-order valence-electron chi connectivity index (χ4n) is 2.88. The van der Waals surface area contributed by atoms with E-state index in [0.29, 0.717) is 6.42 Å². The van der Waals surface area contributed by atoms with Crippen molar-refractivity contribution in [3.8, 4) is 0 Å². The first-order chi connectivity index (χ1) is 12.5. The van der Waals surface area contributed by atoms with Crippen molar-refractivity contribution in [1.82, 2.24) is 9.55 Å². The molecule has 9 heteroatoms. The Kier molecular flexibility index (Phi) is 7.70. The summed E-state index contributed by atoms with van der Waals surface area (Å²) in [4.78, 5) is 27.8. The Balaban J connectivity index is 1.93. The molecule has 0 spiro atoms. The van der Waals surface area contributed by atoms with E-state index in [0.717, 1.165) is 36.7 Å². The third-order valence-electron chi connectivity index (χ3n) is 4.40. The predicted molar refractivity (Wildman–Crippen MR) is 93.5 cm³/mol. The van der Waals surface area contributed by atoms with Gasteiger partial charge in [0.15, 0.2) is 6.23 Å². The second-order valence-corrected chi connectivity index (χ2v) is 6.44. The van der Waals surface area contributed by atoms with Crippen LogP contribution < -0.4 is 11.0 Å². The van der Waals surface area contributed by atoms with Gasteiger partial charge >= 0.3 is 5.69 Å². The number of nitrogens with one attached hydrogen (secondary N) is 1. The van der Waals surface area contributed by atoms with Crippen LogP contribution in [0.25, 0.3) is 0 Å². The average Bonchev–Trinajstić information content (AvgIpc) is 2.90. The van der Waals surface area contributed by atoms with Gasteiger partial charge in [0.05, 0.1) is 6.61 Å². The lowest BCUT2D eigenvalue weighted by Gasteiger charge is -2.17. The van der Waals surface area contributed by atoms with Gasteiger partial charge in [0.2, 0.25) is 5.91 Å². The molecule has 2 rings (SSSR count). The number of hydrogen-bond acceptors (Lipinski definition) is 7. The van der Waals surface area contributed by atoms with Crippen LogP contribution in [0.5, 0.6) is 0 Å². The van der Waals surface area contributed by atoms with Crippen LogP contribution in [0.3, 0.4) is 0 Å². The molecule has 0 aliphatic carbocycles. The molecule has 4 atom stereocenters. The molecule has 1 aliphatic rings. The predicted octanol–water partition coefficient (Wildman–Crippen LogP) is 0.154. The molecule has 1 aliphatic heterocycles. The Hall–Kier alpha value is -1.81. The van der Waals surface area contributed by atoms with Gasteiger partial charge in [-0.3, -0.25) is 9.36 Å². The molecule has 1 aromatic heterocycles. The van der Waals surface area contributed by atoms with Gasteiger partial charge in [0.25, 0.3) is 0 Å². The van der Waals surface area contributed by atoms with Gasteiger partial charge in [-0.15, -0.1) is 0 Å². The van der Waals surface area contributed by atoms with Crippen molar-refractivity contribution in [3.63, 3.8) is 0 Å². The number of aromatic nitrogens is 2. The molecule has 9 nitrogen and oxygen atoms in total. The van der Waals surface area contributed by atoms with Gasteiger partial charge in [-0.05, 0) is 12.5 Å². The van der Waals surface area contributed by atoms with Crippen LogP contribution in [0, 0.1) is 0 Å². The second kappa shape index (κ2) is 9.77. The highest BCUT2D eigenvalue weighted by atomic mass is 16.6. The largest absolute Gasteiger partial charge is 0.394 e. The summed E-state index contributed by atoms with van der Waals surface area (Å²) < 4.78 is 6.31. The summed E-state index contributed by atoms with van der Waals surface area (Å²) >= 11 is 0. The minimum atomic E-state index is -1.37. The molecule has 1 amide bonds. The Labute approximate surface area is 151 Å². The van der Waals surface area contributed by atoms with Gasteiger partial charge < -0.3 is 25.4 Å². The van der Waals surface area contributed by atoms with E-state index in [9.17, 15) is 19.8 Å². The summed E-state index contributed by atoms with van der Waals surface area (Å²) in [5.74, 6) is -0.0874. The van der Waals surface area contributed by atoms with Gasteiger partial charge in [-0.1, -0.05) is 32.6 Å². The number of hydrogen-bond donors (Lipinski definition) is 4. The molecule has 146 valence electrons. The lowest BCUT2D eigenvalue weighted by Crippen LogP contribution is -2.36. The fraction of sp³-hybridized carbons (Fsp3) is 0.706.